The largest absolute Gasteiger partial charge is 0.479 e. The van der Waals surface area contributed by atoms with Crippen molar-refractivity contribution in [1.29, 1.82) is 0 Å². The monoisotopic (exact) mass is 249 g/mol. The molecule has 0 saturated heterocycles. The van der Waals surface area contributed by atoms with Gasteiger partial charge in [0.15, 0.2) is 6.10 Å². The second-order valence-electron chi connectivity index (χ2n) is 4.74. The van der Waals surface area contributed by atoms with Crippen molar-refractivity contribution in [3.8, 4) is 5.75 Å². The van der Waals surface area contributed by atoms with Gasteiger partial charge in [-0.3, -0.25) is 0 Å². The Morgan fingerprint density at radius 3 is 3.06 bits per heavy atom. The van der Waals surface area contributed by atoms with Gasteiger partial charge in [-0.25, -0.2) is 4.79 Å². The molecule has 2 rings (SSSR count). The number of rotatable bonds is 5. The zero-order valence-corrected chi connectivity index (χ0v) is 10.6. The number of nitrogens with two attached hydrogens (primary N) is 1. The number of carboxylic acids is 1. The first-order valence-electron chi connectivity index (χ1n) is 6.39. The number of ether oxygens (including phenoxy) is 1. The van der Waals surface area contributed by atoms with E-state index in [0.29, 0.717) is 12.2 Å². The van der Waals surface area contributed by atoms with Crippen LogP contribution in [0.5, 0.6) is 5.75 Å². The summed E-state index contributed by atoms with van der Waals surface area (Å²) < 4.78 is 5.54. The van der Waals surface area contributed by atoms with E-state index in [-0.39, 0.29) is 6.04 Å². The molecule has 1 unspecified atom stereocenters. The second-order valence-corrected chi connectivity index (χ2v) is 4.74. The lowest BCUT2D eigenvalue weighted by atomic mass is 10.1. The normalized spacial score (nSPS) is 19.3. The Labute approximate surface area is 107 Å². The maximum Gasteiger partial charge on any atom is 0.344 e. The van der Waals surface area contributed by atoms with Crippen LogP contribution in [0.15, 0.2) is 18.2 Å². The second kappa shape index (κ2) is 5.40. The van der Waals surface area contributed by atoms with Gasteiger partial charge in [-0.15, -0.1) is 0 Å². The topological polar surface area (TPSA) is 72.5 Å². The van der Waals surface area contributed by atoms with Crippen molar-refractivity contribution in [1.82, 2.24) is 0 Å². The van der Waals surface area contributed by atoms with E-state index in [4.69, 9.17) is 15.6 Å². The Bertz CT molecular complexity index is 445. The maximum absolute atomic E-state index is 11.0. The fourth-order valence-corrected chi connectivity index (χ4v) is 2.36. The average molecular weight is 249 g/mol. The molecule has 18 heavy (non-hydrogen) atoms. The predicted molar refractivity (Wildman–Crippen MR) is 68.7 cm³/mol. The van der Waals surface area contributed by atoms with E-state index in [9.17, 15) is 4.79 Å². The summed E-state index contributed by atoms with van der Waals surface area (Å²) in [6, 6.07) is 5.80. The number of aryl methyl sites for hydroxylation is 1. The van der Waals surface area contributed by atoms with E-state index >= 15 is 0 Å². The molecule has 0 aliphatic heterocycles. The molecule has 0 aromatic heterocycles. The summed E-state index contributed by atoms with van der Waals surface area (Å²) in [5.41, 5.74) is 8.30. The van der Waals surface area contributed by atoms with Gasteiger partial charge in [0.2, 0.25) is 0 Å². The van der Waals surface area contributed by atoms with Crippen molar-refractivity contribution in [3.63, 3.8) is 0 Å². The van der Waals surface area contributed by atoms with Gasteiger partial charge in [-0.1, -0.05) is 19.4 Å². The molecule has 4 nitrogen and oxygen atoms in total. The smallest absolute Gasteiger partial charge is 0.344 e. The third-order valence-corrected chi connectivity index (χ3v) is 3.34. The van der Waals surface area contributed by atoms with Crippen molar-refractivity contribution < 1.29 is 14.6 Å². The lowest BCUT2D eigenvalue weighted by Gasteiger charge is -2.15. The summed E-state index contributed by atoms with van der Waals surface area (Å²) >= 11 is 0. The van der Waals surface area contributed by atoms with Crippen molar-refractivity contribution in [2.24, 2.45) is 5.73 Å². The van der Waals surface area contributed by atoms with E-state index in [0.717, 1.165) is 24.8 Å². The van der Waals surface area contributed by atoms with Gasteiger partial charge >= 0.3 is 5.97 Å². The molecule has 98 valence electrons. The molecular formula is C14H19NO3. The zero-order valence-electron chi connectivity index (χ0n) is 10.6. The van der Waals surface area contributed by atoms with Gasteiger partial charge in [0.25, 0.3) is 0 Å². The Hall–Kier alpha value is -1.55. The minimum atomic E-state index is -0.908. The van der Waals surface area contributed by atoms with Gasteiger partial charge in [-0.05, 0) is 42.5 Å². The van der Waals surface area contributed by atoms with Crippen LogP contribution in [-0.2, 0) is 11.2 Å². The van der Waals surface area contributed by atoms with E-state index < -0.39 is 12.1 Å². The van der Waals surface area contributed by atoms with E-state index in [1.165, 1.54) is 5.56 Å². The highest BCUT2D eigenvalue weighted by atomic mass is 16.5. The van der Waals surface area contributed by atoms with Gasteiger partial charge in [-0.2, -0.15) is 0 Å². The van der Waals surface area contributed by atoms with Gasteiger partial charge in [0, 0.05) is 6.04 Å². The molecule has 0 bridgehead atoms. The lowest BCUT2D eigenvalue weighted by molar-refractivity contribution is -0.145. The molecule has 0 radical (unpaired) electrons. The highest BCUT2D eigenvalue weighted by Crippen LogP contribution is 2.32. The minimum Gasteiger partial charge on any atom is -0.479 e. The number of benzene rings is 1. The highest BCUT2D eigenvalue weighted by molar-refractivity contribution is 5.72. The van der Waals surface area contributed by atoms with Crippen molar-refractivity contribution >= 4 is 5.97 Å². The van der Waals surface area contributed by atoms with Crippen LogP contribution in [0.2, 0.25) is 0 Å². The molecule has 1 aliphatic rings. The molecule has 0 spiro atoms. The first-order valence-corrected chi connectivity index (χ1v) is 6.39. The van der Waals surface area contributed by atoms with Crippen LogP contribution in [0.1, 0.15) is 43.4 Å². The molecule has 1 aromatic carbocycles. The molecule has 3 N–H and O–H groups in total. The Morgan fingerprint density at radius 1 is 1.61 bits per heavy atom. The Balaban J connectivity index is 2.12. The van der Waals surface area contributed by atoms with Crippen molar-refractivity contribution in [2.45, 2.75) is 44.8 Å². The summed E-state index contributed by atoms with van der Waals surface area (Å²) in [5.74, 6) is -0.280. The predicted octanol–water partition coefficient (Wildman–Crippen LogP) is 2.26. The first kappa shape index (κ1) is 12.9. The van der Waals surface area contributed by atoms with Gasteiger partial charge in [0.1, 0.15) is 5.75 Å². The van der Waals surface area contributed by atoms with Crippen molar-refractivity contribution in [2.75, 3.05) is 0 Å². The molecule has 2 atom stereocenters. The third kappa shape index (κ3) is 2.64. The average Bonchev–Trinajstić information content (AvgIpc) is 2.70. The van der Waals surface area contributed by atoms with Gasteiger partial charge < -0.3 is 15.6 Å². The molecule has 0 heterocycles. The number of carboxylic acid groups (broad SMARTS) is 1. The number of hydrogen-bond acceptors (Lipinski definition) is 3. The fourth-order valence-electron chi connectivity index (χ4n) is 2.36. The van der Waals surface area contributed by atoms with Gasteiger partial charge in [0.05, 0.1) is 0 Å². The van der Waals surface area contributed by atoms with Crippen LogP contribution in [0.4, 0.5) is 0 Å². The quantitative estimate of drug-likeness (QED) is 0.839. The Morgan fingerprint density at radius 2 is 2.39 bits per heavy atom. The highest BCUT2D eigenvalue weighted by Gasteiger charge is 2.22. The molecular weight excluding hydrogens is 230 g/mol. The van der Waals surface area contributed by atoms with E-state index in [1.54, 1.807) is 0 Å². The van der Waals surface area contributed by atoms with Crippen molar-refractivity contribution in [3.05, 3.63) is 29.3 Å². The minimum absolute atomic E-state index is 0.111. The number of aliphatic carboxylic acids is 1. The summed E-state index contributed by atoms with van der Waals surface area (Å²) in [5, 5.41) is 9.06. The van der Waals surface area contributed by atoms with Crippen LogP contribution in [0.25, 0.3) is 0 Å². The van der Waals surface area contributed by atoms with Crippen LogP contribution < -0.4 is 10.5 Å². The molecule has 0 saturated carbocycles. The molecule has 4 heteroatoms. The summed E-state index contributed by atoms with van der Waals surface area (Å²) in [6.45, 7) is 1.95. The van der Waals surface area contributed by atoms with E-state index in [1.807, 2.05) is 25.1 Å². The SMILES string of the molecule is CCCC(Oc1ccc2c(c1)CC[C@H]2N)C(=O)O. The standard InChI is InChI=1S/C14H19NO3/c1-2-3-13(14(16)17)18-10-5-6-11-9(8-10)4-7-12(11)15/h5-6,8,12-13H,2-4,7,15H2,1H3,(H,16,17)/t12-,13?/m1/s1. The van der Waals surface area contributed by atoms with Crippen LogP contribution in [-0.4, -0.2) is 17.2 Å². The maximum atomic E-state index is 11.0. The number of carbonyl (C=O) groups is 1. The lowest BCUT2D eigenvalue weighted by Crippen LogP contribution is -2.26. The Kier molecular flexibility index (Phi) is 3.87. The summed E-state index contributed by atoms with van der Waals surface area (Å²) in [4.78, 5) is 11.0. The summed E-state index contributed by atoms with van der Waals surface area (Å²) in [6.07, 6.45) is 2.44. The fraction of sp³-hybridized carbons (Fsp3) is 0.500. The van der Waals surface area contributed by atoms with Crippen LogP contribution >= 0.6 is 0 Å². The third-order valence-electron chi connectivity index (χ3n) is 3.34. The summed E-state index contributed by atoms with van der Waals surface area (Å²) in [7, 11) is 0. The number of fused-ring (bicyclic) bond motifs is 1. The van der Waals surface area contributed by atoms with Crippen LogP contribution in [0.3, 0.4) is 0 Å². The zero-order chi connectivity index (χ0) is 13.1. The molecule has 0 fully saturated rings. The number of hydrogen-bond donors (Lipinski definition) is 2. The molecule has 0 amide bonds. The van der Waals surface area contributed by atoms with Crippen LogP contribution in [0, 0.1) is 0 Å². The molecule has 1 aliphatic carbocycles. The molecule has 1 aromatic rings. The first-order chi connectivity index (χ1) is 8.61. The van der Waals surface area contributed by atoms with E-state index in [2.05, 4.69) is 0 Å².